The fourth-order valence-corrected chi connectivity index (χ4v) is 0. The van der Waals surface area contributed by atoms with Crippen LogP contribution in [0.1, 0.15) is 0 Å². The maximum atomic E-state index is 8.25. The molecule has 40 valence electrons. The molecule has 0 aliphatic heterocycles. The Balaban J connectivity index is -0.0000000400. The molecule has 0 unspecified atom stereocenters. The molecule has 0 saturated carbocycles. The second-order valence-electron chi connectivity index (χ2n) is 0.192. The van der Waals surface area contributed by atoms with E-state index in [9.17, 15) is 0 Å². The van der Waals surface area contributed by atoms with Crippen LogP contribution in [0.25, 0.3) is 0 Å². The molecular formula is C2H2O4S. The van der Waals surface area contributed by atoms with Gasteiger partial charge in [-0.3, -0.25) is 0 Å². The SMILES string of the molecule is O=C[O-].O=C[O-].[S+2]. The summed E-state index contributed by atoms with van der Waals surface area (Å²) in [6.45, 7) is -1.00. The zero-order chi connectivity index (χ0) is 5.41. The maximum absolute atomic E-state index is 8.25. The maximum Gasteiger partial charge on any atom is 2.00 e. The lowest BCUT2D eigenvalue weighted by molar-refractivity contribution is -0.284. The van der Waals surface area contributed by atoms with Gasteiger partial charge in [-0.15, -0.1) is 0 Å². The predicted octanol–water partition coefficient (Wildman–Crippen LogP) is -3.27. The Hall–Kier alpha value is -0.710. The van der Waals surface area contributed by atoms with E-state index >= 15 is 0 Å². The number of carbonyl (C=O) groups is 2. The van der Waals surface area contributed by atoms with E-state index < -0.39 is 12.9 Å². The molecule has 4 radical (unpaired) electrons. The Morgan fingerprint density at radius 3 is 1.00 bits per heavy atom. The summed E-state index contributed by atoms with van der Waals surface area (Å²) in [6, 6.07) is 0. The molecule has 0 bridgehead atoms. The second kappa shape index (κ2) is 58.5. The molecule has 0 aromatic carbocycles. The Morgan fingerprint density at radius 1 is 1.00 bits per heavy atom. The highest BCUT2D eigenvalue weighted by Crippen LogP contribution is 0.757. The standard InChI is InChI=1S/2CH2O2.S/c2*2-1-3;/h2*1H,(H,2,3);/q;;+2/p-2. The highest BCUT2D eigenvalue weighted by molar-refractivity contribution is 7.37. The first-order valence-corrected chi connectivity index (χ1v) is 0.943. The molecule has 5 heteroatoms. The van der Waals surface area contributed by atoms with Gasteiger partial charge in [0.25, 0.3) is 0 Å². The fraction of sp³-hybridized carbons (Fsp3) is 0. The first-order valence-electron chi connectivity index (χ1n) is 0.943. The quantitative estimate of drug-likeness (QED) is 0.316. The Kier molecular flexibility index (Phi) is 136. The topological polar surface area (TPSA) is 80.3 Å². The van der Waals surface area contributed by atoms with Crippen LogP contribution in [0, 0.1) is 0 Å². The minimum atomic E-state index is -0.500. The van der Waals surface area contributed by atoms with Crippen LogP contribution in [0.4, 0.5) is 0 Å². The van der Waals surface area contributed by atoms with Gasteiger partial charge in [0.2, 0.25) is 0 Å². The fourth-order valence-electron chi connectivity index (χ4n) is 0. The molecule has 0 amide bonds. The molecule has 0 spiro atoms. The third-order valence-corrected chi connectivity index (χ3v) is 0. The minimum Gasteiger partial charge on any atom is -0.554 e. The average molecular weight is 122 g/mol. The number of rotatable bonds is 0. The van der Waals surface area contributed by atoms with Crippen molar-refractivity contribution in [3.63, 3.8) is 0 Å². The Morgan fingerprint density at radius 2 is 1.00 bits per heavy atom. The van der Waals surface area contributed by atoms with Gasteiger partial charge in [-0.2, -0.15) is 0 Å². The number of hydrogen-bond donors (Lipinski definition) is 0. The van der Waals surface area contributed by atoms with Crippen molar-refractivity contribution >= 4 is 26.4 Å². The lowest BCUT2D eigenvalue weighted by Gasteiger charge is -1.52. The van der Waals surface area contributed by atoms with Crippen molar-refractivity contribution in [2.24, 2.45) is 0 Å². The van der Waals surface area contributed by atoms with Crippen molar-refractivity contribution in [2.45, 2.75) is 0 Å². The van der Waals surface area contributed by atoms with E-state index in [0.29, 0.717) is 0 Å². The molecule has 0 aliphatic rings. The third kappa shape index (κ3) is 114. The molecule has 0 aromatic rings. The van der Waals surface area contributed by atoms with Crippen LogP contribution in [0.3, 0.4) is 0 Å². The summed E-state index contributed by atoms with van der Waals surface area (Å²) < 4.78 is 0. The molecule has 0 heterocycles. The molecule has 4 nitrogen and oxygen atoms in total. The molecule has 0 saturated heterocycles. The van der Waals surface area contributed by atoms with Crippen LogP contribution in [0.5, 0.6) is 0 Å². The van der Waals surface area contributed by atoms with Crippen LogP contribution in [-0.2, 0) is 23.1 Å². The van der Waals surface area contributed by atoms with Crippen LogP contribution in [0.2, 0.25) is 0 Å². The smallest absolute Gasteiger partial charge is 0.554 e. The largest absolute Gasteiger partial charge is 2.00 e. The number of carbonyl (C=O) groups excluding carboxylic acids is 2. The van der Waals surface area contributed by atoms with Gasteiger partial charge in [0.1, 0.15) is 0 Å². The van der Waals surface area contributed by atoms with E-state index in [0.717, 1.165) is 0 Å². The van der Waals surface area contributed by atoms with Crippen molar-refractivity contribution in [3.05, 3.63) is 0 Å². The first kappa shape index (κ1) is 16.3. The summed E-state index contributed by atoms with van der Waals surface area (Å²) >= 11 is 0. The van der Waals surface area contributed by atoms with Crippen molar-refractivity contribution in [3.8, 4) is 0 Å². The van der Waals surface area contributed by atoms with Crippen LogP contribution in [0.15, 0.2) is 0 Å². The second-order valence-corrected chi connectivity index (χ2v) is 0.192. The summed E-state index contributed by atoms with van der Waals surface area (Å²) in [5.41, 5.74) is 0. The van der Waals surface area contributed by atoms with Crippen molar-refractivity contribution in [2.75, 3.05) is 0 Å². The van der Waals surface area contributed by atoms with E-state index in [2.05, 4.69) is 0 Å². The zero-order valence-corrected chi connectivity index (χ0v) is 4.01. The van der Waals surface area contributed by atoms with Gasteiger partial charge < -0.3 is 19.8 Å². The first-order chi connectivity index (χ1) is 2.83. The van der Waals surface area contributed by atoms with Gasteiger partial charge in [0.15, 0.2) is 0 Å². The minimum absolute atomic E-state index is 0. The lowest BCUT2D eigenvalue weighted by atomic mass is 11.7. The summed E-state index contributed by atoms with van der Waals surface area (Å²) in [5.74, 6) is 0. The van der Waals surface area contributed by atoms with E-state index in [4.69, 9.17) is 19.8 Å². The highest BCUT2D eigenvalue weighted by atomic mass is 32.1. The number of carboxylic acid groups (broad SMARTS) is 2. The van der Waals surface area contributed by atoms with Crippen molar-refractivity contribution in [1.82, 2.24) is 0 Å². The molecule has 0 aliphatic carbocycles. The molecule has 0 N–H and O–H groups in total. The molecular weight excluding hydrogens is 120 g/mol. The normalized spacial score (nSPS) is 3.43. The summed E-state index contributed by atoms with van der Waals surface area (Å²) in [5, 5.41) is 16.5. The van der Waals surface area contributed by atoms with Crippen LogP contribution < -0.4 is 10.2 Å². The summed E-state index contributed by atoms with van der Waals surface area (Å²) in [7, 11) is 0. The predicted molar refractivity (Wildman–Crippen MR) is 19.5 cm³/mol. The van der Waals surface area contributed by atoms with Gasteiger partial charge >= 0.3 is 13.5 Å². The van der Waals surface area contributed by atoms with Gasteiger partial charge in [-0.05, 0) is 0 Å². The molecule has 0 atom stereocenters. The molecule has 0 rings (SSSR count). The van der Waals surface area contributed by atoms with E-state index in [1.807, 2.05) is 0 Å². The van der Waals surface area contributed by atoms with Gasteiger partial charge in [0, 0.05) is 12.9 Å². The van der Waals surface area contributed by atoms with E-state index in [1.165, 1.54) is 0 Å². The van der Waals surface area contributed by atoms with Gasteiger partial charge in [-0.25, -0.2) is 0 Å². The lowest BCUT2D eigenvalue weighted by Crippen LogP contribution is -2.01. The Bertz CT molecular complexity index is 30.7. The van der Waals surface area contributed by atoms with E-state index in [1.54, 1.807) is 0 Å². The van der Waals surface area contributed by atoms with Crippen LogP contribution in [-0.4, -0.2) is 12.9 Å². The van der Waals surface area contributed by atoms with Gasteiger partial charge in [0.05, 0.1) is 0 Å². The molecule has 0 aromatic heterocycles. The highest BCUT2D eigenvalue weighted by Gasteiger charge is 2.00. The van der Waals surface area contributed by atoms with Crippen molar-refractivity contribution < 1.29 is 19.8 Å². The van der Waals surface area contributed by atoms with Crippen molar-refractivity contribution in [1.29, 1.82) is 0 Å². The summed E-state index contributed by atoms with van der Waals surface area (Å²) in [6.07, 6.45) is 0. The summed E-state index contributed by atoms with van der Waals surface area (Å²) in [4.78, 5) is 16.5. The molecule has 7 heavy (non-hydrogen) atoms. The van der Waals surface area contributed by atoms with Gasteiger partial charge in [-0.1, -0.05) is 0 Å². The number of hydrogen-bond acceptors (Lipinski definition) is 4. The van der Waals surface area contributed by atoms with Crippen LogP contribution >= 0.6 is 0 Å². The monoisotopic (exact) mass is 122 g/mol. The average Bonchev–Trinajstić information content (AvgIpc) is 1.39. The van der Waals surface area contributed by atoms with E-state index in [-0.39, 0.29) is 13.5 Å². The zero-order valence-electron chi connectivity index (χ0n) is 3.20. The molecule has 0 fully saturated rings. The Labute approximate surface area is 47.2 Å². The third-order valence-electron chi connectivity index (χ3n) is 0.